The van der Waals surface area contributed by atoms with Crippen molar-refractivity contribution < 1.29 is 61.3 Å². The van der Waals surface area contributed by atoms with Gasteiger partial charge in [-0.2, -0.15) is 0 Å². The fourth-order valence-corrected chi connectivity index (χ4v) is 8.52. The normalized spacial score (nSPS) is 14.0. The summed E-state index contributed by atoms with van der Waals surface area (Å²) in [6.07, 6.45) is 4.15. The van der Waals surface area contributed by atoms with E-state index in [0.717, 1.165) is 0 Å². The van der Waals surface area contributed by atoms with E-state index < -0.39 is 0 Å². The molecule has 0 aromatic heterocycles. The first-order valence-electron chi connectivity index (χ1n) is 19.4. The molecule has 0 heterocycles. The van der Waals surface area contributed by atoms with E-state index in [2.05, 4.69) is 0 Å². The Balaban J connectivity index is 1.33. The third-order valence-corrected chi connectivity index (χ3v) is 11.4. The number of allylic oxidation sites excluding steroid dienone is 2. The number of benzene rings is 7. The average molecular weight is 823 g/mol. The molecule has 1 unspecified atom stereocenters. The van der Waals surface area contributed by atoms with E-state index in [1.165, 1.54) is 54.6 Å². The fourth-order valence-electron chi connectivity index (χ4n) is 8.52. The van der Waals surface area contributed by atoms with Gasteiger partial charge >= 0.3 is 0 Å². The Labute approximate surface area is 348 Å². The van der Waals surface area contributed by atoms with E-state index in [1.807, 2.05) is 0 Å². The highest BCUT2D eigenvalue weighted by Gasteiger charge is 2.24. The van der Waals surface area contributed by atoms with E-state index in [-0.39, 0.29) is 101 Å². The number of aliphatic hydroxyl groups is 2. The van der Waals surface area contributed by atoms with Crippen molar-refractivity contribution in [3.63, 3.8) is 0 Å². The van der Waals surface area contributed by atoms with Crippen molar-refractivity contribution >= 4 is 21.5 Å². The summed E-state index contributed by atoms with van der Waals surface area (Å²) >= 11 is 0. The summed E-state index contributed by atoms with van der Waals surface area (Å²) in [5, 5.41) is 130. The van der Waals surface area contributed by atoms with Crippen molar-refractivity contribution in [3.05, 3.63) is 165 Å². The molecule has 0 amide bonds. The van der Waals surface area contributed by atoms with Crippen LogP contribution in [0.3, 0.4) is 0 Å². The lowest BCUT2D eigenvalue weighted by Crippen LogP contribution is -2.09. The van der Waals surface area contributed by atoms with Crippen molar-refractivity contribution in [1.82, 2.24) is 0 Å². The number of aliphatic hydroxyl groups excluding tert-OH is 2. The highest BCUT2D eigenvalue weighted by molar-refractivity contribution is 5.98. The molecule has 0 bridgehead atoms. The van der Waals surface area contributed by atoms with Crippen LogP contribution in [0.1, 0.15) is 56.5 Å². The number of rotatable bonds is 10. The Morgan fingerprint density at radius 3 is 1.21 bits per heavy atom. The Hall–Kier alpha value is -7.86. The standard InChI is InChI=1S/C49H42O12/c50-32-17-28(9-24-1-5-38(52)44(58)13-24)48-30(11-26-3-7-40(54)46(60)15-26)19-42(56)34(36(48)21-32)23-35-37-22-33(51)18-29(10-25-2-6-39(53)45(59)14-25)49(37)31(20-43(35)57)12-27-4-8-41(55)47(61)16-27/h1-3,5-8,13-22,27,50-61H,4,9-12,23H2. The molecular formula is C49H42O12. The highest BCUT2D eigenvalue weighted by Crippen LogP contribution is 2.44. The lowest BCUT2D eigenvalue weighted by Gasteiger charge is -2.22. The van der Waals surface area contributed by atoms with Gasteiger partial charge in [0.2, 0.25) is 0 Å². The van der Waals surface area contributed by atoms with Crippen LogP contribution in [0.25, 0.3) is 21.5 Å². The maximum Gasteiger partial charge on any atom is 0.157 e. The topological polar surface area (TPSA) is 243 Å². The van der Waals surface area contributed by atoms with Crippen LogP contribution in [-0.4, -0.2) is 61.3 Å². The first-order valence-corrected chi connectivity index (χ1v) is 19.4. The molecule has 8 rings (SSSR count). The maximum absolute atomic E-state index is 11.9. The number of hydrogen-bond acceptors (Lipinski definition) is 12. The Kier molecular flexibility index (Phi) is 10.3. The van der Waals surface area contributed by atoms with Gasteiger partial charge in [-0.1, -0.05) is 18.2 Å². The summed E-state index contributed by atoms with van der Waals surface area (Å²) in [4.78, 5) is 0. The van der Waals surface area contributed by atoms with E-state index >= 15 is 0 Å². The highest BCUT2D eigenvalue weighted by atomic mass is 16.3. The van der Waals surface area contributed by atoms with Crippen molar-refractivity contribution in [2.45, 2.75) is 38.5 Å². The summed E-state index contributed by atoms with van der Waals surface area (Å²) in [7, 11) is 0. The third-order valence-electron chi connectivity index (χ3n) is 11.4. The molecule has 12 heteroatoms. The minimum Gasteiger partial charge on any atom is -0.508 e. The van der Waals surface area contributed by atoms with Crippen molar-refractivity contribution in [2.24, 2.45) is 5.92 Å². The van der Waals surface area contributed by atoms with Gasteiger partial charge in [0.25, 0.3) is 0 Å². The van der Waals surface area contributed by atoms with E-state index in [1.54, 1.807) is 48.5 Å². The molecule has 310 valence electrons. The molecule has 0 aliphatic heterocycles. The van der Waals surface area contributed by atoms with E-state index in [0.29, 0.717) is 84.5 Å². The zero-order valence-electron chi connectivity index (χ0n) is 32.5. The van der Waals surface area contributed by atoms with Gasteiger partial charge in [0.05, 0.1) is 0 Å². The predicted molar refractivity (Wildman–Crippen MR) is 228 cm³/mol. The first kappa shape index (κ1) is 39.9. The van der Waals surface area contributed by atoms with Gasteiger partial charge in [0.15, 0.2) is 46.0 Å². The molecule has 12 N–H and O–H groups in total. The summed E-state index contributed by atoms with van der Waals surface area (Å²) in [5.41, 5.74) is 4.88. The van der Waals surface area contributed by atoms with Gasteiger partial charge < -0.3 is 61.3 Å². The van der Waals surface area contributed by atoms with Crippen LogP contribution in [0.4, 0.5) is 0 Å². The first-order chi connectivity index (χ1) is 29.1. The van der Waals surface area contributed by atoms with Crippen LogP contribution in [0.5, 0.6) is 57.5 Å². The summed E-state index contributed by atoms with van der Waals surface area (Å²) in [5.74, 6) is -3.30. The molecular weight excluding hydrogens is 781 g/mol. The molecule has 7 aromatic carbocycles. The number of aromatic hydroxyl groups is 10. The van der Waals surface area contributed by atoms with Crippen LogP contribution in [0, 0.1) is 5.92 Å². The largest absolute Gasteiger partial charge is 0.508 e. The maximum atomic E-state index is 11.9. The monoisotopic (exact) mass is 822 g/mol. The van der Waals surface area contributed by atoms with Gasteiger partial charge in [-0.3, -0.25) is 0 Å². The van der Waals surface area contributed by atoms with Crippen molar-refractivity contribution in [3.8, 4) is 57.5 Å². The SMILES string of the molecule is OC1=CCC(Cc2cc(O)c(Cc3c(O)cc(Cc4ccc(O)c(O)c4)c4c(Cc5ccc(O)c(O)c5)cc(O)cc34)c3cc(O)cc(Cc4ccc(O)c(O)c4)c23)C=C1O. The second-order valence-corrected chi connectivity index (χ2v) is 15.6. The Morgan fingerprint density at radius 1 is 0.377 bits per heavy atom. The fraction of sp³-hybridized carbons (Fsp3) is 0.143. The molecule has 1 aliphatic rings. The van der Waals surface area contributed by atoms with Crippen molar-refractivity contribution in [2.75, 3.05) is 0 Å². The van der Waals surface area contributed by atoms with Gasteiger partial charge in [-0.05, 0) is 183 Å². The second-order valence-electron chi connectivity index (χ2n) is 15.6. The second kappa shape index (κ2) is 15.7. The van der Waals surface area contributed by atoms with Gasteiger partial charge in [0, 0.05) is 17.5 Å². The van der Waals surface area contributed by atoms with Crippen LogP contribution in [-0.2, 0) is 32.1 Å². The summed E-state index contributed by atoms with van der Waals surface area (Å²) < 4.78 is 0. The molecule has 61 heavy (non-hydrogen) atoms. The van der Waals surface area contributed by atoms with E-state index in [4.69, 9.17) is 0 Å². The van der Waals surface area contributed by atoms with Gasteiger partial charge in [-0.15, -0.1) is 0 Å². The van der Waals surface area contributed by atoms with Gasteiger partial charge in [0.1, 0.15) is 23.0 Å². The number of phenols is 10. The lowest BCUT2D eigenvalue weighted by molar-refractivity contribution is 0.312. The number of fused-ring (bicyclic) bond motifs is 2. The summed E-state index contributed by atoms with van der Waals surface area (Å²) in [6.45, 7) is 0. The zero-order chi connectivity index (χ0) is 43.3. The third kappa shape index (κ3) is 7.98. The molecule has 0 saturated carbocycles. The minimum absolute atomic E-state index is 0.113. The molecule has 0 fully saturated rings. The van der Waals surface area contributed by atoms with Crippen LogP contribution in [0.15, 0.2) is 115 Å². The van der Waals surface area contributed by atoms with Crippen LogP contribution < -0.4 is 0 Å². The molecule has 12 nitrogen and oxygen atoms in total. The lowest BCUT2D eigenvalue weighted by atomic mass is 9.83. The average Bonchev–Trinajstić information content (AvgIpc) is 3.19. The molecule has 7 aromatic rings. The van der Waals surface area contributed by atoms with Crippen LogP contribution >= 0.6 is 0 Å². The number of phenolic OH excluding ortho intramolecular Hbond substituents is 10. The van der Waals surface area contributed by atoms with Crippen molar-refractivity contribution in [1.29, 1.82) is 0 Å². The molecule has 1 atom stereocenters. The quantitative estimate of drug-likeness (QED) is 0.0579. The molecule has 1 aliphatic carbocycles. The Bertz CT molecular complexity index is 2910. The molecule has 0 spiro atoms. The van der Waals surface area contributed by atoms with Gasteiger partial charge in [-0.25, -0.2) is 0 Å². The Morgan fingerprint density at radius 2 is 0.787 bits per heavy atom. The zero-order valence-corrected chi connectivity index (χ0v) is 32.5. The van der Waals surface area contributed by atoms with E-state index in [9.17, 15) is 61.3 Å². The number of hydrogen-bond donors (Lipinski definition) is 12. The predicted octanol–water partition coefficient (Wildman–Crippen LogP) is 8.86. The van der Waals surface area contributed by atoms with Crippen LogP contribution in [0.2, 0.25) is 0 Å². The smallest absolute Gasteiger partial charge is 0.157 e. The molecule has 0 saturated heterocycles. The molecule has 0 radical (unpaired) electrons. The summed E-state index contributed by atoms with van der Waals surface area (Å²) in [6, 6.07) is 22.5. The minimum atomic E-state index is -0.332.